The Hall–Kier alpha value is -2.78. The van der Waals surface area contributed by atoms with Crippen LogP contribution in [0.25, 0.3) is 11.4 Å². The zero-order valence-electron chi connectivity index (χ0n) is 16.4. The van der Waals surface area contributed by atoms with Crippen molar-refractivity contribution in [1.29, 1.82) is 0 Å². The molecule has 148 valence electrons. The first kappa shape index (κ1) is 18.6. The van der Waals surface area contributed by atoms with Crippen molar-refractivity contribution in [1.82, 2.24) is 29.8 Å². The van der Waals surface area contributed by atoms with Gasteiger partial charge in [-0.15, -0.1) is 10.2 Å². The van der Waals surface area contributed by atoms with Gasteiger partial charge in [0.2, 0.25) is 11.7 Å². The first-order chi connectivity index (χ1) is 13.5. The summed E-state index contributed by atoms with van der Waals surface area (Å²) in [6, 6.07) is 7.86. The average Bonchev–Trinajstić information content (AvgIpc) is 3.27. The van der Waals surface area contributed by atoms with Crippen LogP contribution in [-0.4, -0.2) is 50.0 Å². The second kappa shape index (κ2) is 7.69. The van der Waals surface area contributed by atoms with Gasteiger partial charge < -0.3 is 19.6 Å². The summed E-state index contributed by atoms with van der Waals surface area (Å²) < 4.78 is 12.6. The fourth-order valence-electron chi connectivity index (χ4n) is 3.45. The molecule has 1 aliphatic carbocycles. The highest BCUT2D eigenvalue weighted by atomic mass is 16.5. The zero-order valence-corrected chi connectivity index (χ0v) is 16.4. The lowest BCUT2D eigenvalue weighted by Crippen LogP contribution is -2.36. The van der Waals surface area contributed by atoms with Crippen LogP contribution in [0.15, 0.2) is 28.8 Å². The number of benzene rings is 1. The van der Waals surface area contributed by atoms with Crippen LogP contribution in [0.5, 0.6) is 5.75 Å². The Bertz CT molecular complexity index is 928. The topological polar surface area (TPSA) is 108 Å². The van der Waals surface area contributed by atoms with E-state index in [1.54, 1.807) is 7.11 Å². The monoisotopic (exact) mass is 383 g/mol. The van der Waals surface area contributed by atoms with E-state index >= 15 is 0 Å². The first-order valence-electron chi connectivity index (χ1n) is 9.32. The molecule has 4 rings (SSSR count). The Balaban J connectivity index is 1.38. The Kier molecular flexibility index (Phi) is 5.10. The highest BCUT2D eigenvalue weighted by Crippen LogP contribution is 2.34. The molecule has 0 amide bonds. The summed E-state index contributed by atoms with van der Waals surface area (Å²) in [5.41, 5.74) is 6.78. The van der Waals surface area contributed by atoms with Crippen LogP contribution in [0.2, 0.25) is 0 Å². The summed E-state index contributed by atoms with van der Waals surface area (Å²) >= 11 is 0. The molecule has 1 saturated carbocycles. The average molecular weight is 383 g/mol. The van der Waals surface area contributed by atoms with Gasteiger partial charge in [0.1, 0.15) is 17.4 Å². The Morgan fingerprint density at radius 2 is 1.96 bits per heavy atom. The van der Waals surface area contributed by atoms with Gasteiger partial charge >= 0.3 is 0 Å². The standard InChI is InChI=1S/C19H25N7O2/c1-25(10-16-22-23-19(26(16)2)13-8-14(20)9-13)11-17-21-18(24-28-17)12-4-6-15(27-3)7-5-12/h4-7,13-14H,8-11,20H2,1-3H3. The minimum Gasteiger partial charge on any atom is -0.497 e. The maximum Gasteiger partial charge on any atom is 0.241 e. The quantitative estimate of drug-likeness (QED) is 0.657. The van der Waals surface area contributed by atoms with Gasteiger partial charge in [-0.25, -0.2) is 0 Å². The van der Waals surface area contributed by atoms with Crippen molar-refractivity contribution in [2.75, 3.05) is 14.2 Å². The van der Waals surface area contributed by atoms with Crippen molar-refractivity contribution in [2.24, 2.45) is 12.8 Å². The Morgan fingerprint density at radius 1 is 1.21 bits per heavy atom. The van der Waals surface area contributed by atoms with E-state index < -0.39 is 0 Å². The number of nitrogens with zero attached hydrogens (tertiary/aromatic N) is 6. The molecule has 0 bridgehead atoms. The van der Waals surface area contributed by atoms with Crippen LogP contribution >= 0.6 is 0 Å². The molecule has 0 radical (unpaired) electrons. The molecular formula is C19H25N7O2. The third-order valence-electron chi connectivity index (χ3n) is 5.17. The second-order valence-corrected chi connectivity index (χ2v) is 7.37. The van der Waals surface area contributed by atoms with Crippen molar-refractivity contribution < 1.29 is 9.26 Å². The van der Waals surface area contributed by atoms with E-state index in [0.29, 0.717) is 36.8 Å². The van der Waals surface area contributed by atoms with Crippen molar-refractivity contribution in [2.45, 2.75) is 37.9 Å². The smallest absolute Gasteiger partial charge is 0.241 e. The van der Waals surface area contributed by atoms with Crippen molar-refractivity contribution >= 4 is 0 Å². The minimum atomic E-state index is 0.297. The Morgan fingerprint density at radius 3 is 2.64 bits per heavy atom. The minimum absolute atomic E-state index is 0.297. The van der Waals surface area contributed by atoms with Gasteiger partial charge in [-0.2, -0.15) is 4.98 Å². The number of rotatable bonds is 7. The molecule has 2 heterocycles. The summed E-state index contributed by atoms with van der Waals surface area (Å²) in [5.74, 6) is 4.26. The number of hydrogen-bond donors (Lipinski definition) is 1. The van der Waals surface area contributed by atoms with Crippen LogP contribution in [-0.2, 0) is 20.1 Å². The molecule has 0 aliphatic heterocycles. The second-order valence-electron chi connectivity index (χ2n) is 7.37. The fourth-order valence-corrected chi connectivity index (χ4v) is 3.45. The van der Waals surface area contributed by atoms with E-state index in [1.807, 2.05) is 38.4 Å². The number of nitrogens with two attached hydrogens (primary N) is 1. The lowest BCUT2D eigenvalue weighted by atomic mass is 9.80. The predicted molar refractivity (Wildman–Crippen MR) is 102 cm³/mol. The van der Waals surface area contributed by atoms with Crippen molar-refractivity contribution in [3.63, 3.8) is 0 Å². The van der Waals surface area contributed by atoms with Crippen molar-refractivity contribution in [3.05, 3.63) is 41.8 Å². The van der Waals surface area contributed by atoms with E-state index in [1.165, 1.54) is 0 Å². The predicted octanol–water partition coefficient (Wildman–Crippen LogP) is 1.71. The number of aromatic nitrogens is 5. The highest BCUT2D eigenvalue weighted by Gasteiger charge is 2.31. The van der Waals surface area contributed by atoms with Gasteiger partial charge in [0.05, 0.1) is 20.2 Å². The summed E-state index contributed by atoms with van der Waals surface area (Å²) in [7, 11) is 5.64. The lowest BCUT2D eigenvalue weighted by Gasteiger charge is -2.31. The van der Waals surface area contributed by atoms with Gasteiger partial charge in [0.15, 0.2) is 0 Å². The lowest BCUT2D eigenvalue weighted by molar-refractivity contribution is 0.253. The van der Waals surface area contributed by atoms with Crippen LogP contribution in [0, 0.1) is 0 Å². The molecule has 0 atom stereocenters. The molecule has 3 aromatic rings. The maximum absolute atomic E-state index is 5.89. The molecule has 2 aromatic heterocycles. The largest absolute Gasteiger partial charge is 0.497 e. The maximum atomic E-state index is 5.89. The van der Waals surface area contributed by atoms with E-state index in [9.17, 15) is 0 Å². The first-order valence-corrected chi connectivity index (χ1v) is 9.32. The molecule has 0 spiro atoms. The van der Waals surface area contributed by atoms with Gasteiger partial charge in [-0.05, 0) is 44.2 Å². The van der Waals surface area contributed by atoms with E-state index in [4.69, 9.17) is 15.0 Å². The fraction of sp³-hybridized carbons (Fsp3) is 0.474. The summed E-state index contributed by atoms with van der Waals surface area (Å²) in [4.78, 5) is 6.56. The van der Waals surface area contributed by atoms with Crippen LogP contribution < -0.4 is 10.5 Å². The molecule has 1 aliphatic rings. The molecule has 1 fully saturated rings. The number of methoxy groups -OCH3 is 1. The number of ether oxygens (including phenoxy) is 1. The molecule has 1 aromatic carbocycles. The molecule has 0 saturated heterocycles. The third-order valence-corrected chi connectivity index (χ3v) is 5.17. The summed E-state index contributed by atoms with van der Waals surface area (Å²) in [5, 5.41) is 12.8. The van der Waals surface area contributed by atoms with Gasteiger partial charge in [-0.3, -0.25) is 4.90 Å². The van der Waals surface area contributed by atoms with Crippen molar-refractivity contribution in [3.8, 4) is 17.1 Å². The van der Waals surface area contributed by atoms with E-state index in [-0.39, 0.29) is 0 Å². The zero-order chi connectivity index (χ0) is 19.7. The third kappa shape index (κ3) is 3.76. The SMILES string of the molecule is COc1ccc(-c2noc(CN(C)Cc3nnc(C4CC(N)C4)n3C)n2)cc1. The molecule has 9 nitrogen and oxygen atoms in total. The Labute approximate surface area is 163 Å². The highest BCUT2D eigenvalue weighted by molar-refractivity contribution is 5.55. The van der Waals surface area contributed by atoms with Crippen LogP contribution in [0.1, 0.15) is 36.3 Å². The normalized spacial score (nSPS) is 19.0. The van der Waals surface area contributed by atoms with E-state index in [2.05, 4.69) is 29.8 Å². The van der Waals surface area contributed by atoms with Crippen LogP contribution in [0.4, 0.5) is 0 Å². The molecular weight excluding hydrogens is 358 g/mol. The number of hydrogen-bond acceptors (Lipinski definition) is 8. The summed E-state index contributed by atoms with van der Waals surface area (Å²) in [6.45, 7) is 1.17. The van der Waals surface area contributed by atoms with Gasteiger partial charge in [0, 0.05) is 24.6 Å². The van der Waals surface area contributed by atoms with Gasteiger partial charge in [-0.1, -0.05) is 5.16 Å². The van der Waals surface area contributed by atoms with E-state index in [0.717, 1.165) is 35.8 Å². The molecule has 28 heavy (non-hydrogen) atoms. The molecule has 0 unspecified atom stereocenters. The molecule has 2 N–H and O–H groups in total. The summed E-state index contributed by atoms with van der Waals surface area (Å²) in [6.07, 6.45) is 1.97. The van der Waals surface area contributed by atoms with Gasteiger partial charge in [0.25, 0.3) is 0 Å². The van der Waals surface area contributed by atoms with Crippen LogP contribution in [0.3, 0.4) is 0 Å². The molecule has 9 heteroatoms.